The van der Waals surface area contributed by atoms with Gasteiger partial charge in [-0.2, -0.15) is 0 Å². The molecule has 2 aromatic carbocycles. The number of benzene rings is 2. The Bertz CT molecular complexity index is 1260. The van der Waals surface area contributed by atoms with Gasteiger partial charge in [0.2, 0.25) is 5.91 Å². The molecule has 11 heteroatoms. The molecule has 3 amide bonds. The molecule has 2 heterocycles. The zero-order valence-electron chi connectivity index (χ0n) is 20.9. The standard InChI is InChI=1S/C27H28BrN3O6S/c1-3-11-37-25-19(28)14-18(15-22(25)36-4-2)16-23-26(33)31(27(34)38-23)17-24(32)29-20-7-5-6-8-21(20)30-9-12-35-13-10-30/h3,5-8,14-16H,1,4,9-13,17H2,2H3,(H,29,32)/b23-16+. The van der Waals surface area contributed by atoms with Crippen molar-refractivity contribution in [2.45, 2.75) is 6.92 Å². The number of para-hydroxylation sites is 2. The number of ether oxygens (including phenoxy) is 3. The quantitative estimate of drug-likeness (QED) is 0.302. The van der Waals surface area contributed by atoms with Gasteiger partial charge in [0.25, 0.3) is 11.1 Å². The summed E-state index contributed by atoms with van der Waals surface area (Å²) in [6, 6.07) is 10.9. The Morgan fingerprint density at radius 1 is 1.21 bits per heavy atom. The fourth-order valence-electron chi connectivity index (χ4n) is 4.00. The Kier molecular flexibility index (Phi) is 9.48. The van der Waals surface area contributed by atoms with E-state index in [0.29, 0.717) is 66.7 Å². The summed E-state index contributed by atoms with van der Waals surface area (Å²) in [6.45, 7) is 8.49. The molecule has 9 nitrogen and oxygen atoms in total. The maximum Gasteiger partial charge on any atom is 0.294 e. The highest BCUT2D eigenvalue weighted by atomic mass is 79.9. The van der Waals surface area contributed by atoms with Gasteiger partial charge >= 0.3 is 0 Å². The van der Waals surface area contributed by atoms with Crippen LogP contribution in [-0.4, -0.2) is 68.0 Å². The minimum Gasteiger partial charge on any atom is -0.490 e. The summed E-state index contributed by atoms with van der Waals surface area (Å²) in [5.74, 6) is 0.0237. The lowest BCUT2D eigenvalue weighted by Gasteiger charge is -2.30. The molecule has 2 aromatic rings. The summed E-state index contributed by atoms with van der Waals surface area (Å²) in [6.07, 6.45) is 3.23. The molecule has 200 valence electrons. The molecule has 0 unspecified atom stereocenters. The lowest BCUT2D eigenvalue weighted by atomic mass is 10.2. The number of nitrogens with zero attached hydrogens (tertiary/aromatic N) is 2. The topological polar surface area (TPSA) is 97.4 Å². The first-order chi connectivity index (χ1) is 18.4. The minimum absolute atomic E-state index is 0.214. The second kappa shape index (κ2) is 13.0. The van der Waals surface area contributed by atoms with Gasteiger partial charge in [0.15, 0.2) is 11.5 Å². The molecule has 0 saturated carbocycles. The number of nitrogens with one attached hydrogen (secondary N) is 1. The number of hydrogen-bond donors (Lipinski definition) is 1. The van der Waals surface area contributed by atoms with E-state index < -0.39 is 17.1 Å². The average Bonchev–Trinajstić information content (AvgIpc) is 3.16. The van der Waals surface area contributed by atoms with Crippen molar-refractivity contribution in [3.8, 4) is 11.5 Å². The molecule has 2 aliphatic rings. The van der Waals surface area contributed by atoms with Gasteiger partial charge in [0.1, 0.15) is 13.2 Å². The van der Waals surface area contributed by atoms with Gasteiger partial charge in [0.05, 0.1) is 40.6 Å². The molecule has 0 aromatic heterocycles. The molecule has 4 rings (SSSR count). The molecule has 38 heavy (non-hydrogen) atoms. The van der Waals surface area contributed by atoms with Crippen LogP contribution >= 0.6 is 27.7 Å². The predicted octanol–water partition coefficient (Wildman–Crippen LogP) is 4.92. The SMILES string of the molecule is C=CCOc1c(Br)cc(/C=C2/SC(=O)N(CC(=O)Nc3ccccc3N3CCOCC3)C2=O)cc1OCC. The summed E-state index contributed by atoms with van der Waals surface area (Å²) >= 11 is 4.27. The normalized spacial score (nSPS) is 16.6. The van der Waals surface area contributed by atoms with Crippen molar-refractivity contribution < 1.29 is 28.6 Å². The summed E-state index contributed by atoms with van der Waals surface area (Å²) in [5.41, 5.74) is 2.13. The second-order valence-electron chi connectivity index (χ2n) is 8.30. The van der Waals surface area contributed by atoms with E-state index in [9.17, 15) is 14.4 Å². The molecular formula is C27H28BrN3O6S. The van der Waals surface area contributed by atoms with Crippen LogP contribution in [0, 0.1) is 0 Å². The van der Waals surface area contributed by atoms with Crippen molar-refractivity contribution in [2.75, 3.05) is 56.3 Å². The summed E-state index contributed by atoms with van der Waals surface area (Å²) < 4.78 is 17.4. The number of rotatable bonds is 10. The number of carbonyl (C=O) groups excluding carboxylic acids is 3. The van der Waals surface area contributed by atoms with Gasteiger partial charge in [0, 0.05) is 13.1 Å². The van der Waals surface area contributed by atoms with Crippen molar-refractivity contribution >= 4 is 62.2 Å². The van der Waals surface area contributed by atoms with E-state index in [1.165, 1.54) is 0 Å². The van der Waals surface area contributed by atoms with Crippen LogP contribution in [0.25, 0.3) is 6.08 Å². The van der Waals surface area contributed by atoms with Crippen LogP contribution in [0.1, 0.15) is 12.5 Å². The van der Waals surface area contributed by atoms with Gasteiger partial charge in [-0.25, -0.2) is 0 Å². The molecule has 0 bridgehead atoms. The predicted molar refractivity (Wildman–Crippen MR) is 152 cm³/mol. The van der Waals surface area contributed by atoms with E-state index >= 15 is 0 Å². The number of imide groups is 1. The number of halogens is 1. The van der Waals surface area contributed by atoms with Crippen molar-refractivity contribution in [2.24, 2.45) is 0 Å². The molecule has 1 N–H and O–H groups in total. The molecule has 2 aliphatic heterocycles. The van der Waals surface area contributed by atoms with E-state index in [1.807, 2.05) is 25.1 Å². The van der Waals surface area contributed by atoms with Crippen molar-refractivity contribution in [1.82, 2.24) is 4.90 Å². The monoisotopic (exact) mass is 601 g/mol. The van der Waals surface area contributed by atoms with Crippen molar-refractivity contribution in [3.63, 3.8) is 0 Å². The molecule has 0 spiro atoms. The number of amides is 3. The number of anilines is 2. The Labute approximate surface area is 233 Å². The highest BCUT2D eigenvalue weighted by Crippen LogP contribution is 2.39. The van der Waals surface area contributed by atoms with E-state index in [-0.39, 0.29) is 11.4 Å². The molecule has 2 fully saturated rings. The fourth-order valence-corrected chi connectivity index (χ4v) is 5.41. The maximum absolute atomic E-state index is 13.1. The van der Waals surface area contributed by atoms with Crippen molar-refractivity contribution in [3.05, 3.63) is 64.0 Å². The lowest BCUT2D eigenvalue weighted by Crippen LogP contribution is -2.38. The number of morpholine rings is 1. The Morgan fingerprint density at radius 3 is 2.71 bits per heavy atom. The van der Waals surface area contributed by atoms with Crippen LogP contribution in [0.2, 0.25) is 0 Å². The van der Waals surface area contributed by atoms with Gasteiger partial charge in [-0.15, -0.1) is 0 Å². The summed E-state index contributed by atoms with van der Waals surface area (Å²) in [4.78, 5) is 41.9. The van der Waals surface area contributed by atoms with Crippen LogP contribution in [0.3, 0.4) is 0 Å². The average molecular weight is 603 g/mol. The third-order valence-electron chi connectivity index (χ3n) is 5.68. The summed E-state index contributed by atoms with van der Waals surface area (Å²) in [7, 11) is 0. The van der Waals surface area contributed by atoms with Crippen LogP contribution < -0.4 is 19.7 Å². The van der Waals surface area contributed by atoms with Crippen LogP contribution in [0.4, 0.5) is 16.2 Å². The Morgan fingerprint density at radius 2 is 1.97 bits per heavy atom. The first kappa shape index (κ1) is 27.7. The third kappa shape index (κ3) is 6.58. The number of hydrogen-bond acceptors (Lipinski definition) is 8. The Balaban J connectivity index is 1.47. The maximum atomic E-state index is 13.1. The smallest absolute Gasteiger partial charge is 0.294 e. The molecule has 0 aliphatic carbocycles. The molecule has 0 radical (unpaired) electrons. The largest absolute Gasteiger partial charge is 0.490 e. The minimum atomic E-state index is -0.530. The van der Waals surface area contributed by atoms with Gasteiger partial charge in [-0.3, -0.25) is 19.3 Å². The lowest BCUT2D eigenvalue weighted by molar-refractivity contribution is -0.127. The zero-order chi connectivity index (χ0) is 27.1. The van der Waals surface area contributed by atoms with Crippen molar-refractivity contribution in [1.29, 1.82) is 0 Å². The molecule has 2 saturated heterocycles. The highest BCUT2D eigenvalue weighted by Gasteiger charge is 2.36. The van der Waals surface area contributed by atoms with Gasteiger partial charge < -0.3 is 24.4 Å². The van der Waals surface area contributed by atoms with E-state index in [1.54, 1.807) is 30.4 Å². The summed E-state index contributed by atoms with van der Waals surface area (Å²) in [5, 5.41) is 2.35. The van der Waals surface area contributed by atoms with Crippen LogP contribution in [-0.2, 0) is 14.3 Å². The van der Waals surface area contributed by atoms with Gasteiger partial charge in [-0.05, 0) is 70.5 Å². The highest BCUT2D eigenvalue weighted by molar-refractivity contribution is 9.10. The van der Waals surface area contributed by atoms with E-state index in [4.69, 9.17) is 14.2 Å². The fraction of sp³-hybridized carbons (Fsp3) is 0.296. The van der Waals surface area contributed by atoms with E-state index in [2.05, 4.69) is 32.7 Å². The molecule has 0 atom stereocenters. The van der Waals surface area contributed by atoms with E-state index in [0.717, 1.165) is 22.3 Å². The van der Waals surface area contributed by atoms with Gasteiger partial charge in [-0.1, -0.05) is 24.8 Å². The van der Waals surface area contributed by atoms with Crippen LogP contribution in [0.5, 0.6) is 11.5 Å². The number of thioether (sulfide) groups is 1. The zero-order valence-corrected chi connectivity index (χ0v) is 23.3. The third-order valence-corrected chi connectivity index (χ3v) is 7.18. The first-order valence-corrected chi connectivity index (χ1v) is 13.7. The number of carbonyl (C=O) groups is 3. The first-order valence-electron chi connectivity index (χ1n) is 12.1. The Hall–Kier alpha value is -3.28. The van der Waals surface area contributed by atoms with Crippen LogP contribution in [0.15, 0.2) is 58.4 Å². The second-order valence-corrected chi connectivity index (χ2v) is 10.1. The molecular weight excluding hydrogens is 574 g/mol.